The first-order chi connectivity index (χ1) is 29.1. The lowest BCUT2D eigenvalue weighted by atomic mass is 9.96. The van der Waals surface area contributed by atoms with Crippen LogP contribution in [0.1, 0.15) is 74.3 Å². The third-order valence-electron chi connectivity index (χ3n) is 12.8. The summed E-state index contributed by atoms with van der Waals surface area (Å²) in [7, 11) is 0. The van der Waals surface area contributed by atoms with Crippen LogP contribution in [0.5, 0.6) is 0 Å². The number of pyridine rings is 1. The van der Waals surface area contributed by atoms with Crippen LogP contribution < -0.4 is 9.80 Å². The number of aromatic nitrogens is 1. The maximum absolute atomic E-state index is 14.5. The van der Waals surface area contributed by atoms with Crippen molar-refractivity contribution in [3.05, 3.63) is 175 Å². The van der Waals surface area contributed by atoms with Gasteiger partial charge < -0.3 is 14.2 Å². The predicted molar refractivity (Wildman–Crippen MR) is 238 cm³/mol. The Balaban J connectivity index is 1.16. The lowest BCUT2D eigenvalue weighted by Gasteiger charge is -2.28. The summed E-state index contributed by atoms with van der Waals surface area (Å²) in [4.78, 5) is 9.47. The summed E-state index contributed by atoms with van der Waals surface area (Å²) in [5.74, 6) is 0.507. The van der Waals surface area contributed by atoms with Gasteiger partial charge in [-0.25, -0.2) is 8.78 Å². The van der Waals surface area contributed by atoms with Gasteiger partial charge in [0.1, 0.15) is 22.8 Å². The third-order valence-corrected chi connectivity index (χ3v) is 12.8. The minimum Gasteiger partial charge on any atom is -0.455 e. The molecule has 0 atom stereocenters. The van der Waals surface area contributed by atoms with E-state index in [4.69, 9.17) is 9.40 Å². The number of hydrogen-bond acceptors (Lipinski definition) is 4. The zero-order chi connectivity index (χ0) is 39.5. The molecule has 0 amide bonds. The molecular formula is C53H43F2N3O. The van der Waals surface area contributed by atoms with Gasteiger partial charge in [0.2, 0.25) is 0 Å². The maximum atomic E-state index is 14.5. The summed E-state index contributed by atoms with van der Waals surface area (Å²) in [6, 6.07) is 48.1. The van der Waals surface area contributed by atoms with Crippen LogP contribution >= 0.6 is 0 Å². The molecule has 2 saturated carbocycles. The van der Waals surface area contributed by atoms with Crippen LogP contribution in [0.15, 0.2) is 156 Å². The van der Waals surface area contributed by atoms with Gasteiger partial charge in [0, 0.05) is 56.6 Å². The average Bonchev–Trinajstić information content (AvgIpc) is 4.09. The number of rotatable bonds is 8. The van der Waals surface area contributed by atoms with E-state index in [2.05, 4.69) is 101 Å². The lowest BCUT2D eigenvalue weighted by molar-refractivity contribution is 0.627. The molecule has 2 aromatic heterocycles. The van der Waals surface area contributed by atoms with E-state index in [1.807, 2.05) is 36.5 Å². The normalized spacial score (nSPS) is 14.9. The van der Waals surface area contributed by atoms with Crippen LogP contribution in [0.3, 0.4) is 0 Å². The van der Waals surface area contributed by atoms with E-state index >= 15 is 0 Å². The van der Waals surface area contributed by atoms with Crippen LogP contribution in [-0.2, 0) is 0 Å². The van der Waals surface area contributed by atoms with E-state index in [0.29, 0.717) is 11.8 Å². The number of hydrogen-bond donors (Lipinski definition) is 0. The van der Waals surface area contributed by atoms with E-state index in [1.54, 1.807) is 0 Å². The van der Waals surface area contributed by atoms with E-state index in [1.165, 1.54) is 86.8 Å². The molecule has 59 heavy (non-hydrogen) atoms. The Bertz CT molecular complexity index is 3000. The topological polar surface area (TPSA) is 32.5 Å². The number of anilines is 6. The Morgan fingerprint density at radius 3 is 1.61 bits per heavy atom. The lowest BCUT2D eigenvalue weighted by Crippen LogP contribution is -2.12. The molecule has 0 saturated heterocycles. The SMILES string of the molecule is Fc1ccc(N(c2cccc(C3CCCC3)c2)c2cc3oc4c5cccnc5c(N(c5ccc(F)cc5)c5cccc(C6CCCC6)c5)cc4c3c3ccccc23)cc1. The summed E-state index contributed by atoms with van der Waals surface area (Å²) < 4.78 is 36.0. The predicted octanol–water partition coefficient (Wildman–Crippen LogP) is 15.8. The Hall–Kier alpha value is -6.53. The third kappa shape index (κ3) is 6.29. The van der Waals surface area contributed by atoms with E-state index in [-0.39, 0.29) is 11.6 Å². The molecule has 6 heteroatoms. The van der Waals surface area contributed by atoms with Crippen LogP contribution in [0.4, 0.5) is 42.9 Å². The molecule has 2 aliphatic rings. The summed E-state index contributed by atoms with van der Waals surface area (Å²) in [6.07, 6.45) is 11.6. The second kappa shape index (κ2) is 14.7. The molecule has 0 bridgehead atoms. The molecule has 2 heterocycles. The van der Waals surface area contributed by atoms with Crippen molar-refractivity contribution in [2.24, 2.45) is 0 Å². The summed E-state index contributed by atoms with van der Waals surface area (Å²) in [5, 5.41) is 4.95. The number of nitrogens with zero attached hydrogens (tertiary/aromatic N) is 3. The second-order valence-electron chi connectivity index (χ2n) is 16.4. The summed E-state index contributed by atoms with van der Waals surface area (Å²) in [5.41, 5.74) is 10.5. The number of halogens is 2. The van der Waals surface area contributed by atoms with Gasteiger partial charge in [-0.2, -0.15) is 0 Å². The molecule has 0 unspecified atom stereocenters. The number of fused-ring (bicyclic) bond motifs is 7. The van der Waals surface area contributed by atoms with Crippen molar-refractivity contribution < 1.29 is 13.2 Å². The zero-order valence-corrected chi connectivity index (χ0v) is 32.8. The van der Waals surface area contributed by atoms with Crippen molar-refractivity contribution in [3.63, 3.8) is 0 Å². The fraction of sp³-hybridized carbons (Fsp3) is 0.189. The molecule has 0 aliphatic heterocycles. The highest BCUT2D eigenvalue weighted by molar-refractivity contribution is 6.27. The highest BCUT2D eigenvalue weighted by Gasteiger charge is 2.26. The van der Waals surface area contributed by atoms with Gasteiger partial charge in [-0.05, 0) is 145 Å². The van der Waals surface area contributed by atoms with Crippen LogP contribution in [0.25, 0.3) is 43.6 Å². The summed E-state index contributed by atoms with van der Waals surface area (Å²) in [6.45, 7) is 0. The highest BCUT2D eigenvalue weighted by Crippen LogP contribution is 2.49. The molecular weight excluding hydrogens is 733 g/mol. The van der Waals surface area contributed by atoms with E-state index in [9.17, 15) is 8.78 Å². The molecule has 0 radical (unpaired) electrons. The second-order valence-corrected chi connectivity index (χ2v) is 16.4. The largest absolute Gasteiger partial charge is 0.455 e. The molecule has 2 aliphatic carbocycles. The summed E-state index contributed by atoms with van der Waals surface area (Å²) >= 11 is 0. The Morgan fingerprint density at radius 1 is 0.475 bits per heavy atom. The van der Waals surface area contributed by atoms with Crippen molar-refractivity contribution in [2.75, 3.05) is 9.80 Å². The van der Waals surface area contributed by atoms with Crippen molar-refractivity contribution in [1.29, 1.82) is 0 Å². The molecule has 9 aromatic rings. The molecule has 0 spiro atoms. The Morgan fingerprint density at radius 2 is 1.02 bits per heavy atom. The number of benzene rings is 7. The molecule has 290 valence electrons. The first-order valence-electron chi connectivity index (χ1n) is 21.0. The Kier molecular flexibility index (Phi) is 8.87. The van der Waals surface area contributed by atoms with Gasteiger partial charge in [-0.15, -0.1) is 0 Å². The van der Waals surface area contributed by atoms with Crippen molar-refractivity contribution in [2.45, 2.75) is 63.2 Å². The first-order valence-corrected chi connectivity index (χ1v) is 21.0. The maximum Gasteiger partial charge on any atom is 0.144 e. The van der Waals surface area contributed by atoms with E-state index < -0.39 is 0 Å². The van der Waals surface area contributed by atoms with Gasteiger partial charge in [0.15, 0.2) is 0 Å². The van der Waals surface area contributed by atoms with Gasteiger partial charge in [-0.1, -0.05) is 74.2 Å². The molecule has 0 N–H and O–H groups in total. The van der Waals surface area contributed by atoms with Crippen LogP contribution in [0, 0.1) is 11.6 Å². The van der Waals surface area contributed by atoms with Crippen molar-refractivity contribution >= 4 is 77.7 Å². The minimum absolute atomic E-state index is 0.276. The molecule has 11 rings (SSSR count). The van der Waals surface area contributed by atoms with Crippen molar-refractivity contribution in [1.82, 2.24) is 4.98 Å². The fourth-order valence-corrected chi connectivity index (χ4v) is 10.0. The molecule has 7 aromatic carbocycles. The average molecular weight is 776 g/mol. The quantitative estimate of drug-likeness (QED) is 0.154. The first kappa shape index (κ1) is 35.6. The molecule has 4 nitrogen and oxygen atoms in total. The van der Waals surface area contributed by atoms with E-state index in [0.717, 1.165) is 77.7 Å². The Labute approximate surface area is 342 Å². The highest BCUT2D eigenvalue weighted by atomic mass is 19.1. The van der Waals surface area contributed by atoms with Crippen LogP contribution in [0.2, 0.25) is 0 Å². The van der Waals surface area contributed by atoms with Crippen LogP contribution in [-0.4, -0.2) is 4.98 Å². The zero-order valence-electron chi connectivity index (χ0n) is 32.8. The standard InChI is InChI=1S/C53H43F2N3O/c54-38-21-25-40(26-22-38)57(42-16-7-14-36(30-42)34-10-1-2-11-34)48-33-50-51(45-19-6-5-18-44(45)48)47-32-49(52-46(53(47)59-50)20-9-29-56-52)58(41-27-23-39(55)24-28-41)43-17-8-15-37(31-43)35-12-3-4-13-35/h5-9,14-35H,1-4,10-13H2. The van der Waals surface area contributed by atoms with Gasteiger partial charge in [-0.3, -0.25) is 4.98 Å². The van der Waals surface area contributed by atoms with Gasteiger partial charge >= 0.3 is 0 Å². The minimum atomic E-state index is -0.283. The van der Waals surface area contributed by atoms with Gasteiger partial charge in [0.05, 0.1) is 16.9 Å². The fourth-order valence-electron chi connectivity index (χ4n) is 10.0. The van der Waals surface area contributed by atoms with Gasteiger partial charge in [0.25, 0.3) is 0 Å². The number of furan rings is 1. The smallest absolute Gasteiger partial charge is 0.144 e. The monoisotopic (exact) mass is 775 g/mol. The van der Waals surface area contributed by atoms with Crippen molar-refractivity contribution in [3.8, 4) is 0 Å². The molecule has 2 fully saturated rings.